The Hall–Kier alpha value is -3.34. The molecule has 1 heterocycles. The molecule has 0 N–H and O–H groups in total. The molecule has 0 spiro atoms. The average Bonchev–Trinajstić information content (AvgIpc) is 2.74. The fourth-order valence-corrected chi connectivity index (χ4v) is 2.89. The summed E-state index contributed by atoms with van der Waals surface area (Å²) in [4.78, 5) is 18.9. The molecule has 0 fully saturated rings. The van der Waals surface area contributed by atoms with Crippen LogP contribution < -0.4 is 9.47 Å². The van der Waals surface area contributed by atoms with Gasteiger partial charge in [0.2, 0.25) is 0 Å². The molecule has 1 atom stereocenters. The zero-order valence-corrected chi connectivity index (χ0v) is 15.4. The van der Waals surface area contributed by atoms with Crippen molar-refractivity contribution >= 4 is 5.91 Å². The molecule has 0 saturated carbocycles. The largest absolute Gasteiger partial charge is 0.493 e. The SMILES string of the molecule is COc1ccccc1OCC(=O)N(C)C(c1ccccc1)c1ccccn1. The highest BCUT2D eigenvalue weighted by Gasteiger charge is 2.25. The summed E-state index contributed by atoms with van der Waals surface area (Å²) in [5, 5.41) is 0. The van der Waals surface area contributed by atoms with Crippen LogP contribution in [0.4, 0.5) is 0 Å². The number of rotatable bonds is 7. The number of pyridine rings is 1. The number of benzene rings is 2. The van der Waals surface area contributed by atoms with Gasteiger partial charge >= 0.3 is 0 Å². The van der Waals surface area contributed by atoms with E-state index in [2.05, 4.69) is 4.98 Å². The van der Waals surface area contributed by atoms with Crippen molar-refractivity contribution in [3.8, 4) is 11.5 Å². The molecule has 3 rings (SSSR count). The highest BCUT2D eigenvalue weighted by Crippen LogP contribution is 2.28. The predicted molar refractivity (Wildman–Crippen MR) is 104 cm³/mol. The highest BCUT2D eigenvalue weighted by atomic mass is 16.5. The molecule has 2 aromatic carbocycles. The summed E-state index contributed by atoms with van der Waals surface area (Å²) in [7, 11) is 3.34. The van der Waals surface area contributed by atoms with Gasteiger partial charge in [-0.2, -0.15) is 0 Å². The summed E-state index contributed by atoms with van der Waals surface area (Å²) in [5.41, 5.74) is 1.79. The maximum Gasteiger partial charge on any atom is 0.261 e. The minimum atomic E-state index is -0.291. The molecule has 1 unspecified atom stereocenters. The molecule has 0 aliphatic rings. The Kier molecular flexibility index (Phi) is 6.05. The zero-order valence-electron chi connectivity index (χ0n) is 15.4. The van der Waals surface area contributed by atoms with Gasteiger partial charge in [-0.15, -0.1) is 0 Å². The Morgan fingerprint density at radius 1 is 0.963 bits per heavy atom. The summed E-state index contributed by atoms with van der Waals surface area (Å²) in [5.74, 6) is 0.980. The summed E-state index contributed by atoms with van der Waals surface area (Å²) in [6.07, 6.45) is 1.73. The molecule has 1 aromatic heterocycles. The molecule has 0 aliphatic heterocycles. The monoisotopic (exact) mass is 362 g/mol. The average molecular weight is 362 g/mol. The van der Waals surface area contributed by atoms with E-state index in [0.717, 1.165) is 11.3 Å². The topological polar surface area (TPSA) is 51.7 Å². The Morgan fingerprint density at radius 2 is 1.63 bits per heavy atom. The van der Waals surface area contributed by atoms with Crippen molar-refractivity contribution in [2.24, 2.45) is 0 Å². The summed E-state index contributed by atoms with van der Waals surface area (Å²) < 4.78 is 11.0. The molecule has 0 radical (unpaired) electrons. The number of aromatic nitrogens is 1. The van der Waals surface area contributed by atoms with E-state index in [1.165, 1.54) is 0 Å². The van der Waals surface area contributed by atoms with Gasteiger partial charge in [-0.05, 0) is 29.8 Å². The van der Waals surface area contributed by atoms with Gasteiger partial charge in [0.15, 0.2) is 18.1 Å². The first-order chi connectivity index (χ1) is 13.2. The minimum Gasteiger partial charge on any atom is -0.493 e. The van der Waals surface area contributed by atoms with Crippen LogP contribution in [-0.2, 0) is 4.79 Å². The third-order valence-electron chi connectivity index (χ3n) is 4.28. The Morgan fingerprint density at radius 3 is 2.30 bits per heavy atom. The van der Waals surface area contributed by atoms with Crippen molar-refractivity contribution in [1.82, 2.24) is 9.88 Å². The second kappa shape index (κ2) is 8.85. The first-order valence-corrected chi connectivity index (χ1v) is 8.68. The van der Waals surface area contributed by atoms with Crippen LogP contribution in [0.15, 0.2) is 79.0 Å². The molecule has 3 aromatic rings. The van der Waals surface area contributed by atoms with Crippen molar-refractivity contribution in [3.05, 3.63) is 90.3 Å². The van der Waals surface area contributed by atoms with Gasteiger partial charge in [0, 0.05) is 13.2 Å². The molecule has 0 bridgehead atoms. The van der Waals surface area contributed by atoms with Crippen LogP contribution in [-0.4, -0.2) is 36.6 Å². The van der Waals surface area contributed by atoms with Crippen LogP contribution >= 0.6 is 0 Å². The summed E-state index contributed by atoms with van der Waals surface area (Å²) in [6.45, 7) is -0.0902. The van der Waals surface area contributed by atoms with E-state index in [4.69, 9.17) is 9.47 Å². The van der Waals surface area contributed by atoms with Gasteiger partial charge < -0.3 is 14.4 Å². The molecule has 5 heteroatoms. The van der Waals surface area contributed by atoms with E-state index >= 15 is 0 Å². The quantitative estimate of drug-likeness (QED) is 0.643. The molecule has 138 valence electrons. The fraction of sp³-hybridized carbons (Fsp3) is 0.182. The van der Waals surface area contributed by atoms with E-state index < -0.39 is 0 Å². The van der Waals surface area contributed by atoms with Crippen molar-refractivity contribution in [1.29, 1.82) is 0 Å². The van der Waals surface area contributed by atoms with Crippen molar-refractivity contribution in [2.75, 3.05) is 20.8 Å². The molecule has 1 amide bonds. The second-order valence-electron chi connectivity index (χ2n) is 6.01. The number of methoxy groups -OCH3 is 1. The Balaban J connectivity index is 1.79. The first-order valence-electron chi connectivity index (χ1n) is 8.68. The van der Waals surface area contributed by atoms with Gasteiger partial charge in [0.25, 0.3) is 5.91 Å². The number of ether oxygens (including phenoxy) is 2. The molecular formula is C22H22N2O3. The normalized spacial score (nSPS) is 11.5. The third kappa shape index (κ3) is 4.44. The molecule has 27 heavy (non-hydrogen) atoms. The number of para-hydroxylation sites is 2. The van der Waals surface area contributed by atoms with E-state index in [1.54, 1.807) is 37.4 Å². The second-order valence-corrected chi connectivity index (χ2v) is 6.01. The van der Waals surface area contributed by atoms with Crippen molar-refractivity contribution in [2.45, 2.75) is 6.04 Å². The van der Waals surface area contributed by atoms with Crippen LogP contribution in [0.5, 0.6) is 11.5 Å². The molecule has 5 nitrogen and oxygen atoms in total. The third-order valence-corrected chi connectivity index (χ3v) is 4.28. The number of carbonyl (C=O) groups is 1. The standard InChI is InChI=1S/C22H22N2O3/c1-24(21(25)16-27-20-14-7-6-13-19(20)26-2)22(17-10-4-3-5-11-17)18-12-8-9-15-23-18/h3-15,22H,16H2,1-2H3. The van der Waals surface area contributed by atoms with Crippen LogP contribution in [0.1, 0.15) is 17.3 Å². The fourth-order valence-electron chi connectivity index (χ4n) is 2.89. The number of hydrogen-bond acceptors (Lipinski definition) is 4. The lowest BCUT2D eigenvalue weighted by molar-refractivity contribution is -0.133. The van der Waals surface area contributed by atoms with Crippen LogP contribution in [0, 0.1) is 0 Å². The lowest BCUT2D eigenvalue weighted by Gasteiger charge is -2.28. The summed E-state index contributed by atoms with van der Waals surface area (Å²) in [6, 6.07) is 22.5. The highest BCUT2D eigenvalue weighted by molar-refractivity contribution is 5.78. The smallest absolute Gasteiger partial charge is 0.261 e. The van der Waals surface area contributed by atoms with E-state index in [-0.39, 0.29) is 18.6 Å². The number of nitrogens with zero attached hydrogens (tertiary/aromatic N) is 2. The van der Waals surface area contributed by atoms with Gasteiger partial charge in [0.05, 0.1) is 18.8 Å². The maximum atomic E-state index is 12.8. The van der Waals surface area contributed by atoms with Crippen molar-refractivity contribution in [3.63, 3.8) is 0 Å². The lowest BCUT2D eigenvalue weighted by atomic mass is 10.0. The van der Waals surface area contributed by atoms with E-state index in [1.807, 2.05) is 60.7 Å². The van der Waals surface area contributed by atoms with Gasteiger partial charge in [-0.3, -0.25) is 9.78 Å². The van der Waals surface area contributed by atoms with E-state index in [0.29, 0.717) is 11.5 Å². The number of carbonyl (C=O) groups excluding carboxylic acids is 1. The zero-order chi connectivity index (χ0) is 19.1. The number of likely N-dealkylation sites (N-methyl/N-ethyl adjacent to an activating group) is 1. The molecule has 0 saturated heterocycles. The van der Waals surface area contributed by atoms with Crippen LogP contribution in [0.3, 0.4) is 0 Å². The van der Waals surface area contributed by atoms with Gasteiger partial charge in [-0.25, -0.2) is 0 Å². The molecular weight excluding hydrogens is 340 g/mol. The van der Waals surface area contributed by atoms with Gasteiger partial charge in [-0.1, -0.05) is 48.5 Å². The Bertz CT molecular complexity index is 829. The van der Waals surface area contributed by atoms with E-state index in [9.17, 15) is 4.79 Å². The minimum absolute atomic E-state index is 0.0902. The van der Waals surface area contributed by atoms with Crippen LogP contribution in [0.2, 0.25) is 0 Å². The number of amides is 1. The van der Waals surface area contributed by atoms with Crippen molar-refractivity contribution < 1.29 is 14.3 Å². The first kappa shape index (κ1) is 18.5. The lowest BCUT2D eigenvalue weighted by Crippen LogP contribution is -2.35. The summed E-state index contributed by atoms with van der Waals surface area (Å²) >= 11 is 0. The van der Waals surface area contributed by atoms with Gasteiger partial charge in [0.1, 0.15) is 0 Å². The Labute approximate surface area is 159 Å². The van der Waals surface area contributed by atoms with Crippen LogP contribution in [0.25, 0.3) is 0 Å². The predicted octanol–water partition coefficient (Wildman–Crippen LogP) is 3.72. The maximum absolute atomic E-state index is 12.8. The molecule has 0 aliphatic carbocycles. The number of hydrogen-bond donors (Lipinski definition) is 0.